The van der Waals surface area contributed by atoms with Crippen LogP contribution in [0.15, 0.2) is 22.7 Å². The summed E-state index contributed by atoms with van der Waals surface area (Å²) in [5, 5.41) is 26.7. The first-order valence-corrected chi connectivity index (χ1v) is 4.93. The summed E-state index contributed by atoms with van der Waals surface area (Å²) in [5.74, 6) is -1.09. The highest BCUT2D eigenvalue weighted by atomic mass is 79.9. The van der Waals surface area contributed by atoms with Crippen LogP contribution in [0.25, 0.3) is 0 Å². The highest BCUT2D eigenvalue weighted by Gasteiger charge is 2.15. The smallest absolute Gasteiger partial charge is 0.306 e. The van der Waals surface area contributed by atoms with Gasteiger partial charge in [0.05, 0.1) is 24.2 Å². The molecule has 0 aromatic heterocycles. The topological polar surface area (TPSA) is 81.3 Å². The van der Waals surface area contributed by atoms with E-state index in [4.69, 9.17) is 10.4 Å². The van der Waals surface area contributed by atoms with Gasteiger partial charge in [0.2, 0.25) is 0 Å². The molecule has 1 aromatic carbocycles. The number of carbonyl (C=O) groups is 1. The molecule has 0 aliphatic carbocycles. The Morgan fingerprint density at radius 3 is 2.80 bits per heavy atom. The first-order valence-electron chi connectivity index (χ1n) is 4.14. The van der Waals surface area contributed by atoms with Crippen molar-refractivity contribution in [3.05, 3.63) is 33.8 Å². The minimum Gasteiger partial charge on any atom is -0.481 e. The lowest BCUT2D eigenvalue weighted by Crippen LogP contribution is -2.06. The molecule has 0 spiro atoms. The molecule has 1 rings (SSSR count). The third-order valence-electron chi connectivity index (χ3n) is 1.85. The molecule has 0 bridgehead atoms. The minimum atomic E-state index is -1.11. The average Bonchev–Trinajstić information content (AvgIpc) is 2.17. The fraction of sp³-hybridized carbons (Fsp3) is 0.200. The van der Waals surface area contributed by atoms with Crippen molar-refractivity contribution in [3.63, 3.8) is 0 Å². The second-order valence-corrected chi connectivity index (χ2v) is 3.82. The molecular formula is C10H8BrNO3. The summed E-state index contributed by atoms with van der Waals surface area (Å²) < 4.78 is 0.593. The molecule has 0 aliphatic heterocycles. The van der Waals surface area contributed by atoms with Crippen LogP contribution in [0.4, 0.5) is 0 Å². The van der Waals surface area contributed by atoms with Gasteiger partial charge >= 0.3 is 5.97 Å². The van der Waals surface area contributed by atoms with Gasteiger partial charge in [0.25, 0.3) is 0 Å². The number of hydrogen-bond acceptors (Lipinski definition) is 3. The lowest BCUT2D eigenvalue weighted by Gasteiger charge is -2.10. The lowest BCUT2D eigenvalue weighted by molar-refractivity contribution is -0.139. The van der Waals surface area contributed by atoms with Crippen LogP contribution in [0, 0.1) is 11.3 Å². The van der Waals surface area contributed by atoms with E-state index in [0.29, 0.717) is 15.6 Å². The summed E-state index contributed by atoms with van der Waals surface area (Å²) in [6.07, 6.45) is -1.49. The fourth-order valence-electron chi connectivity index (χ4n) is 1.14. The average molecular weight is 270 g/mol. The maximum absolute atomic E-state index is 10.4. The second-order valence-electron chi connectivity index (χ2n) is 2.96. The van der Waals surface area contributed by atoms with E-state index < -0.39 is 12.1 Å². The van der Waals surface area contributed by atoms with Crippen LogP contribution < -0.4 is 0 Å². The molecule has 0 saturated heterocycles. The monoisotopic (exact) mass is 269 g/mol. The van der Waals surface area contributed by atoms with Crippen molar-refractivity contribution in [3.8, 4) is 6.07 Å². The molecule has 1 aromatic rings. The normalized spacial score (nSPS) is 11.8. The number of carboxylic acids is 1. The molecule has 2 N–H and O–H groups in total. The molecule has 0 aliphatic rings. The van der Waals surface area contributed by atoms with Crippen LogP contribution in [0.1, 0.15) is 23.7 Å². The van der Waals surface area contributed by atoms with E-state index in [1.54, 1.807) is 12.1 Å². The number of benzene rings is 1. The van der Waals surface area contributed by atoms with Gasteiger partial charge in [-0.3, -0.25) is 4.79 Å². The zero-order valence-corrected chi connectivity index (χ0v) is 9.23. The van der Waals surface area contributed by atoms with Gasteiger partial charge in [-0.15, -0.1) is 0 Å². The van der Waals surface area contributed by atoms with Gasteiger partial charge in [0.1, 0.15) is 0 Å². The Bertz CT molecular complexity index is 425. The molecule has 0 heterocycles. The summed E-state index contributed by atoms with van der Waals surface area (Å²) in [5.41, 5.74) is 0.800. The first kappa shape index (κ1) is 11.7. The van der Waals surface area contributed by atoms with Crippen molar-refractivity contribution in [2.45, 2.75) is 12.5 Å². The van der Waals surface area contributed by atoms with Gasteiger partial charge in [-0.1, -0.05) is 15.9 Å². The summed E-state index contributed by atoms with van der Waals surface area (Å²) in [6, 6.07) is 6.59. The Labute approximate surface area is 94.9 Å². The molecule has 4 nitrogen and oxygen atoms in total. The van der Waals surface area contributed by atoms with Crippen molar-refractivity contribution in [2.24, 2.45) is 0 Å². The maximum atomic E-state index is 10.4. The van der Waals surface area contributed by atoms with E-state index in [0.717, 1.165) is 0 Å². The van der Waals surface area contributed by atoms with Crippen molar-refractivity contribution < 1.29 is 15.0 Å². The van der Waals surface area contributed by atoms with Gasteiger partial charge in [-0.05, 0) is 23.8 Å². The molecule has 5 heteroatoms. The fourth-order valence-corrected chi connectivity index (χ4v) is 1.65. The van der Waals surface area contributed by atoms with Crippen molar-refractivity contribution in [1.29, 1.82) is 5.26 Å². The molecule has 0 fully saturated rings. The number of nitriles is 1. The van der Waals surface area contributed by atoms with Crippen molar-refractivity contribution in [2.75, 3.05) is 0 Å². The van der Waals surface area contributed by atoms with E-state index in [1.165, 1.54) is 6.07 Å². The van der Waals surface area contributed by atoms with E-state index >= 15 is 0 Å². The van der Waals surface area contributed by atoms with Gasteiger partial charge in [-0.2, -0.15) is 5.26 Å². The zero-order valence-electron chi connectivity index (χ0n) is 7.64. The molecule has 15 heavy (non-hydrogen) atoms. The molecule has 0 amide bonds. The van der Waals surface area contributed by atoms with Gasteiger partial charge in [0, 0.05) is 4.47 Å². The molecule has 78 valence electrons. The van der Waals surface area contributed by atoms with Gasteiger partial charge < -0.3 is 10.2 Å². The minimum absolute atomic E-state index is 0.381. The van der Waals surface area contributed by atoms with E-state index in [2.05, 4.69) is 15.9 Å². The second kappa shape index (κ2) is 4.91. The third-order valence-corrected chi connectivity index (χ3v) is 2.57. The largest absolute Gasteiger partial charge is 0.481 e. The van der Waals surface area contributed by atoms with Gasteiger partial charge in [0.15, 0.2) is 0 Å². The Kier molecular flexibility index (Phi) is 3.83. The highest BCUT2D eigenvalue weighted by molar-refractivity contribution is 9.10. The quantitative estimate of drug-likeness (QED) is 0.877. The van der Waals surface area contributed by atoms with Crippen LogP contribution >= 0.6 is 15.9 Å². The summed E-state index contributed by atoms with van der Waals surface area (Å²) in [7, 11) is 0. The summed E-state index contributed by atoms with van der Waals surface area (Å²) in [6.45, 7) is 0. The van der Waals surface area contributed by atoms with Crippen molar-refractivity contribution in [1.82, 2.24) is 0 Å². The molecular weight excluding hydrogens is 262 g/mol. The number of carboxylic acid groups (broad SMARTS) is 1. The SMILES string of the molecule is N#Cc1ccc(Br)c([C@@H](O)CC(=O)O)c1. The van der Waals surface area contributed by atoms with Crippen LogP contribution in [0.5, 0.6) is 0 Å². The van der Waals surface area contributed by atoms with Crippen LogP contribution in [0.2, 0.25) is 0 Å². The summed E-state index contributed by atoms with van der Waals surface area (Å²) in [4.78, 5) is 10.4. The number of aliphatic carboxylic acids is 1. The van der Waals surface area contributed by atoms with Crippen LogP contribution in [-0.4, -0.2) is 16.2 Å². The lowest BCUT2D eigenvalue weighted by atomic mass is 10.0. The standard InChI is InChI=1S/C10H8BrNO3/c11-8-2-1-6(5-12)3-7(8)9(13)4-10(14)15/h1-3,9,13H,4H2,(H,14,15)/t9-/m0/s1. The number of aliphatic hydroxyl groups is 1. The Morgan fingerprint density at radius 2 is 2.27 bits per heavy atom. The van der Waals surface area contributed by atoms with E-state index in [9.17, 15) is 9.90 Å². The number of hydrogen-bond donors (Lipinski definition) is 2. The predicted octanol–water partition coefficient (Wildman–Crippen LogP) is 1.83. The third kappa shape index (κ3) is 3.05. The van der Waals surface area contributed by atoms with E-state index in [-0.39, 0.29) is 6.42 Å². The van der Waals surface area contributed by atoms with Crippen LogP contribution in [-0.2, 0) is 4.79 Å². The number of nitrogens with zero attached hydrogens (tertiary/aromatic N) is 1. The van der Waals surface area contributed by atoms with Crippen molar-refractivity contribution >= 4 is 21.9 Å². The maximum Gasteiger partial charge on any atom is 0.306 e. The molecule has 0 radical (unpaired) electrons. The number of aliphatic hydroxyl groups excluding tert-OH is 1. The molecule has 1 atom stereocenters. The zero-order chi connectivity index (χ0) is 11.4. The summed E-state index contributed by atoms with van der Waals surface area (Å²) >= 11 is 3.19. The Morgan fingerprint density at radius 1 is 1.60 bits per heavy atom. The highest BCUT2D eigenvalue weighted by Crippen LogP contribution is 2.26. The number of halogens is 1. The first-order chi connectivity index (χ1) is 7.04. The Balaban J connectivity index is 3.02. The number of rotatable bonds is 3. The Hall–Kier alpha value is -1.38. The molecule has 0 unspecified atom stereocenters. The molecule has 0 saturated carbocycles. The van der Waals surface area contributed by atoms with Gasteiger partial charge in [-0.25, -0.2) is 0 Å². The van der Waals surface area contributed by atoms with E-state index in [1.807, 2.05) is 6.07 Å². The predicted molar refractivity (Wildman–Crippen MR) is 56.1 cm³/mol. The van der Waals surface area contributed by atoms with Crippen LogP contribution in [0.3, 0.4) is 0 Å².